The monoisotopic (exact) mass is 490 g/mol. The van der Waals surface area contributed by atoms with Crippen LogP contribution in [0.4, 0.5) is 16.3 Å². The van der Waals surface area contributed by atoms with Crippen LogP contribution in [0.2, 0.25) is 5.02 Å². The van der Waals surface area contributed by atoms with Crippen LogP contribution < -0.4 is 14.8 Å². The van der Waals surface area contributed by atoms with Crippen LogP contribution in [0.1, 0.15) is 25.0 Å². The smallest absolute Gasteiger partial charge is 0.416 e. The van der Waals surface area contributed by atoms with Gasteiger partial charge in [-0.1, -0.05) is 17.7 Å². The van der Waals surface area contributed by atoms with E-state index in [1.165, 1.54) is 6.33 Å². The molecule has 4 aromatic rings. The summed E-state index contributed by atoms with van der Waals surface area (Å²) in [6.07, 6.45) is 7.42. The second-order valence-corrected chi connectivity index (χ2v) is 8.46. The number of benzene rings is 1. The maximum absolute atomic E-state index is 12.5. The zero-order valence-corrected chi connectivity index (χ0v) is 19.6. The molecule has 0 aliphatic carbocycles. The molecule has 0 atom stereocenters. The summed E-state index contributed by atoms with van der Waals surface area (Å²) in [5.41, 5.74) is 2.13. The van der Waals surface area contributed by atoms with E-state index in [0.717, 1.165) is 25.0 Å². The molecule has 1 aliphatic heterocycles. The largest absolute Gasteiger partial charge is 0.486 e. The SMILES string of the molecule is O=C(Oc1cc2c(Nc3ccc(OCc4ccccn4)c(Cl)c3)ncnc2cn1)N1CCCCC1. The summed E-state index contributed by atoms with van der Waals surface area (Å²) in [6.45, 7) is 1.71. The molecule has 0 saturated carbocycles. The van der Waals surface area contributed by atoms with E-state index < -0.39 is 6.09 Å². The van der Waals surface area contributed by atoms with Crippen molar-refractivity contribution in [2.24, 2.45) is 0 Å². The number of likely N-dealkylation sites (tertiary alicyclic amines) is 1. The second-order valence-electron chi connectivity index (χ2n) is 8.06. The van der Waals surface area contributed by atoms with Gasteiger partial charge in [0.25, 0.3) is 0 Å². The summed E-state index contributed by atoms with van der Waals surface area (Å²) in [7, 11) is 0. The first-order valence-electron chi connectivity index (χ1n) is 11.3. The first-order chi connectivity index (χ1) is 17.2. The molecule has 0 radical (unpaired) electrons. The Hall–Kier alpha value is -3.98. The highest BCUT2D eigenvalue weighted by Crippen LogP contribution is 2.31. The number of hydrogen-bond acceptors (Lipinski definition) is 8. The Labute approximate surface area is 207 Å². The van der Waals surface area contributed by atoms with Gasteiger partial charge in [-0.2, -0.15) is 0 Å². The molecule has 178 valence electrons. The molecule has 1 saturated heterocycles. The summed E-state index contributed by atoms with van der Waals surface area (Å²) in [6, 6.07) is 12.7. The number of fused-ring (bicyclic) bond motifs is 1. The third-order valence-corrected chi connectivity index (χ3v) is 5.89. The molecule has 9 nitrogen and oxygen atoms in total. The number of nitrogens with one attached hydrogen (secondary N) is 1. The number of hydrogen-bond donors (Lipinski definition) is 1. The summed E-state index contributed by atoms with van der Waals surface area (Å²) in [5.74, 6) is 1.28. The maximum Gasteiger partial charge on any atom is 0.416 e. The second kappa shape index (κ2) is 10.5. The standard InChI is InChI=1S/C25H23ClN6O3/c26-20-12-17(7-8-22(20)34-15-18-6-2-3-9-27-18)31-24-19-13-23(28-14-21(19)29-16-30-24)35-25(33)32-10-4-1-5-11-32/h2-3,6-9,12-14,16H,1,4-5,10-11,15H2,(H,29,30,31). The van der Waals surface area contributed by atoms with Crippen molar-refractivity contribution in [2.45, 2.75) is 25.9 Å². The van der Waals surface area contributed by atoms with Crippen LogP contribution in [0, 0.1) is 0 Å². The molecule has 35 heavy (non-hydrogen) atoms. The number of pyridine rings is 2. The molecule has 4 heterocycles. The van der Waals surface area contributed by atoms with Crippen molar-refractivity contribution in [3.05, 3.63) is 71.9 Å². The number of amides is 1. The fourth-order valence-corrected chi connectivity index (χ4v) is 4.03. The number of anilines is 2. The predicted molar refractivity (Wildman–Crippen MR) is 132 cm³/mol. The van der Waals surface area contributed by atoms with Crippen molar-refractivity contribution in [2.75, 3.05) is 18.4 Å². The number of halogens is 1. The number of rotatable bonds is 6. The minimum absolute atomic E-state index is 0.197. The van der Waals surface area contributed by atoms with E-state index in [1.807, 2.05) is 24.3 Å². The molecular formula is C25H23ClN6O3. The Balaban J connectivity index is 1.31. The van der Waals surface area contributed by atoms with Crippen LogP contribution in [0.25, 0.3) is 10.9 Å². The van der Waals surface area contributed by atoms with Gasteiger partial charge in [-0.25, -0.2) is 19.7 Å². The van der Waals surface area contributed by atoms with Crippen molar-refractivity contribution < 1.29 is 14.3 Å². The van der Waals surface area contributed by atoms with Gasteiger partial charge >= 0.3 is 6.09 Å². The van der Waals surface area contributed by atoms with Gasteiger partial charge in [0, 0.05) is 36.4 Å². The lowest BCUT2D eigenvalue weighted by Crippen LogP contribution is -2.37. The molecule has 10 heteroatoms. The van der Waals surface area contributed by atoms with Gasteiger partial charge in [-0.15, -0.1) is 0 Å². The highest BCUT2D eigenvalue weighted by molar-refractivity contribution is 6.32. The Morgan fingerprint density at radius 2 is 1.91 bits per heavy atom. The average Bonchev–Trinajstić information content (AvgIpc) is 2.90. The van der Waals surface area contributed by atoms with E-state index in [2.05, 4.69) is 25.3 Å². The number of carbonyl (C=O) groups is 1. The third-order valence-electron chi connectivity index (χ3n) is 5.60. The Morgan fingerprint density at radius 3 is 2.71 bits per heavy atom. The van der Waals surface area contributed by atoms with Crippen molar-refractivity contribution >= 4 is 40.1 Å². The molecule has 1 aromatic carbocycles. The molecule has 1 aliphatic rings. The van der Waals surface area contributed by atoms with Crippen LogP contribution in [0.3, 0.4) is 0 Å². The number of carbonyl (C=O) groups excluding carboxylic acids is 1. The van der Waals surface area contributed by atoms with Crippen molar-refractivity contribution in [1.29, 1.82) is 0 Å². The molecule has 3 aromatic heterocycles. The van der Waals surface area contributed by atoms with Gasteiger partial charge in [-0.3, -0.25) is 4.98 Å². The fourth-order valence-electron chi connectivity index (χ4n) is 3.79. The van der Waals surface area contributed by atoms with Crippen LogP contribution in [-0.4, -0.2) is 44.0 Å². The Kier molecular flexibility index (Phi) is 6.85. The van der Waals surface area contributed by atoms with Gasteiger partial charge in [0.1, 0.15) is 24.5 Å². The van der Waals surface area contributed by atoms with Crippen molar-refractivity contribution in [3.8, 4) is 11.6 Å². The van der Waals surface area contributed by atoms with Crippen molar-refractivity contribution in [1.82, 2.24) is 24.8 Å². The summed E-state index contributed by atoms with van der Waals surface area (Å²) in [4.78, 5) is 31.3. The first kappa shape index (κ1) is 22.8. The van der Waals surface area contributed by atoms with E-state index in [0.29, 0.717) is 52.9 Å². The minimum atomic E-state index is -0.393. The first-order valence-corrected chi connectivity index (χ1v) is 11.7. The fraction of sp³-hybridized carbons (Fsp3) is 0.240. The normalized spacial score (nSPS) is 13.5. The molecule has 0 bridgehead atoms. The molecular weight excluding hydrogens is 468 g/mol. The Bertz CT molecular complexity index is 1330. The molecule has 0 spiro atoms. The Morgan fingerprint density at radius 1 is 1.03 bits per heavy atom. The highest BCUT2D eigenvalue weighted by atomic mass is 35.5. The number of aromatic nitrogens is 4. The van der Waals surface area contributed by atoms with Crippen LogP contribution in [0.5, 0.6) is 11.6 Å². The number of ether oxygens (including phenoxy) is 2. The molecule has 1 fully saturated rings. The van der Waals surface area contributed by atoms with Crippen LogP contribution >= 0.6 is 11.6 Å². The molecule has 1 N–H and O–H groups in total. The quantitative estimate of drug-likeness (QED) is 0.384. The average molecular weight is 491 g/mol. The summed E-state index contributed by atoms with van der Waals surface area (Å²) in [5, 5.41) is 4.36. The number of nitrogens with zero attached hydrogens (tertiary/aromatic N) is 5. The van der Waals surface area contributed by atoms with Gasteiger partial charge < -0.3 is 19.7 Å². The zero-order valence-electron chi connectivity index (χ0n) is 18.9. The van der Waals surface area contributed by atoms with E-state index in [9.17, 15) is 4.79 Å². The molecule has 1 amide bonds. The van der Waals surface area contributed by atoms with E-state index >= 15 is 0 Å². The van der Waals surface area contributed by atoms with E-state index in [-0.39, 0.29) is 5.88 Å². The van der Waals surface area contributed by atoms with Crippen molar-refractivity contribution in [3.63, 3.8) is 0 Å². The topological polar surface area (TPSA) is 102 Å². The summed E-state index contributed by atoms with van der Waals surface area (Å²) < 4.78 is 11.3. The third kappa shape index (κ3) is 5.58. The number of piperidine rings is 1. The highest BCUT2D eigenvalue weighted by Gasteiger charge is 2.19. The maximum atomic E-state index is 12.5. The van der Waals surface area contributed by atoms with Gasteiger partial charge in [0.15, 0.2) is 0 Å². The lowest BCUT2D eigenvalue weighted by molar-refractivity contribution is 0.141. The van der Waals surface area contributed by atoms with Gasteiger partial charge in [0.05, 0.1) is 22.4 Å². The molecule has 0 unspecified atom stereocenters. The molecule has 5 rings (SSSR count). The van der Waals surface area contributed by atoms with Crippen LogP contribution in [-0.2, 0) is 6.61 Å². The zero-order chi connectivity index (χ0) is 24.0. The summed E-state index contributed by atoms with van der Waals surface area (Å²) >= 11 is 6.45. The predicted octanol–water partition coefficient (Wildman–Crippen LogP) is 5.38. The van der Waals surface area contributed by atoms with Gasteiger partial charge in [0.2, 0.25) is 5.88 Å². The lowest BCUT2D eigenvalue weighted by Gasteiger charge is -2.25. The van der Waals surface area contributed by atoms with Crippen LogP contribution in [0.15, 0.2) is 61.2 Å². The van der Waals surface area contributed by atoms with E-state index in [1.54, 1.807) is 35.5 Å². The minimum Gasteiger partial charge on any atom is -0.486 e. The van der Waals surface area contributed by atoms with E-state index in [4.69, 9.17) is 21.1 Å². The lowest BCUT2D eigenvalue weighted by atomic mass is 10.1. The van der Waals surface area contributed by atoms with Gasteiger partial charge in [-0.05, 0) is 49.6 Å².